The Morgan fingerprint density at radius 2 is 1.67 bits per heavy atom. The molecule has 0 aliphatic rings. The predicted molar refractivity (Wildman–Crippen MR) is 81.1 cm³/mol. The van der Waals surface area contributed by atoms with Crippen LogP contribution in [-0.2, 0) is 6.42 Å². The van der Waals surface area contributed by atoms with E-state index in [9.17, 15) is 0 Å². The van der Waals surface area contributed by atoms with Crippen LogP contribution in [-0.4, -0.2) is 13.1 Å². The van der Waals surface area contributed by atoms with Gasteiger partial charge in [0.2, 0.25) is 0 Å². The van der Waals surface area contributed by atoms with Gasteiger partial charge in [-0.15, -0.1) is 0 Å². The average molecular weight is 247 g/mol. The highest BCUT2D eigenvalue weighted by molar-refractivity contribution is 5.33. The van der Waals surface area contributed by atoms with Crippen LogP contribution in [0, 0.1) is 25.7 Å². The van der Waals surface area contributed by atoms with Crippen LogP contribution in [0.1, 0.15) is 43.9 Å². The molecule has 0 aliphatic carbocycles. The van der Waals surface area contributed by atoms with Crippen molar-refractivity contribution >= 4 is 0 Å². The summed E-state index contributed by atoms with van der Waals surface area (Å²) in [6.07, 6.45) is 2.47. The Kier molecular flexibility index (Phi) is 6.42. The van der Waals surface area contributed by atoms with E-state index in [1.165, 1.54) is 24.0 Å². The fraction of sp³-hybridized carbons (Fsp3) is 0.647. The molecule has 102 valence electrons. The van der Waals surface area contributed by atoms with Crippen molar-refractivity contribution in [2.45, 2.75) is 47.5 Å². The fourth-order valence-electron chi connectivity index (χ4n) is 2.36. The molecule has 1 rings (SSSR count). The summed E-state index contributed by atoms with van der Waals surface area (Å²) >= 11 is 0. The monoisotopic (exact) mass is 247 g/mol. The molecule has 0 radical (unpaired) electrons. The summed E-state index contributed by atoms with van der Waals surface area (Å²) in [6.45, 7) is 13.6. The lowest BCUT2D eigenvalue weighted by Gasteiger charge is -2.16. The first-order valence-electron chi connectivity index (χ1n) is 7.26. The molecular weight excluding hydrogens is 218 g/mol. The summed E-state index contributed by atoms with van der Waals surface area (Å²) in [4.78, 5) is 0. The molecule has 18 heavy (non-hydrogen) atoms. The van der Waals surface area contributed by atoms with Gasteiger partial charge in [-0.1, -0.05) is 39.0 Å². The third-order valence-electron chi connectivity index (χ3n) is 3.56. The van der Waals surface area contributed by atoms with Crippen molar-refractivity contribution < 1.29 is 0 Å². The summed E-state index contributed by atoms with van der Waals surface area (Å²) < 4.78 is 0. The zero-order valence-corrected chi connectivity index (χ0v) is 12.7. The lowest BCUT2D eigenvalue weighted by atomic mass is 9.92. The molecule has 1 heteroatoms. The number of aryl methyl sites for hydroxylation is 2. The highest BCUT2D eigenvalue weighted by atomic mass is 14.8. The molecule has 0 bridgehead atoms. The number of nitrogens with one attached hydrogen (secondary N) is 1. The Bertz CT molecular complexity index is 334. The molecule has 0 heterocycles. The van der Waals surface area contributed by atoms with Crippen molar-refractivity contribution in [2.75, 3.05) is 13.1 Å². The first-order valence-corrected chi connectivity index (χ1v) is 7.26. The van der Waals surface area contributed by atoms with Crippen LogP contribution in [0.15, 0.2) is 18.2 Å². The van der Waals surface area contributed by atoms with E-state index in [0.29, 0.717) is 0 Å². The molecule has 0 aliphatic heterocycles. The van der Waals surface area contributed by atoms with Crippen LogP contribution in [0.25, 0.3) is 0 Å². The Balaban J connectivity index is 2.38. The predicted octanol–water partition coefficient (Wildman–Crippen LogP) is 4.12. The highest BCUT2D eigenvalue weighted by Crippen LogP contribution is 2.19. The molecule has 1 nitrogen and oxygen atoms in total. The first kappa shape index (κ1) is 15.2. The zero-order valence-electron chi connectivity index (χ0n) is 12.7. The first-order chi connectivity index (χ1) is 8.50. The quantitative estimate of drug-likeness (QED) is 0.715. The lowest BCUT2D eigenvalue weighted by Crippen LogP contribution is -2.22. The van der Waals surface area contributed by atoms with Crippen molar-refractivity contribution in [3.63, 3.8) is 0 Å². The molecule has 1 aromatic rings. The minimum atomic E-state index is 0.749. The van der Waals surface area contributed by atoms with Crippen LogP contribution >= 0.6 is 0 Å². The van der Waals surface area contributed by atoms with E-state index in [-0.39, 0.29) is 0 Å². The Morgan fingerprint density at radius 1 is 1.06 bits per heavy atom. The second kappa shape index (κ2) is 7.58. The molecule has 1 aromatic carbocycles. The molecule has 0 aromatic heterocycles. The molecule has 0 spiro atoms. The summed E-state index contributed by atoms with van der Waals surface area (Å²) in [5.41, 5.74) is 4.43. The third-order valence-corrected chi connectivity index (χ3v) is 3.56. The lowest BCUT2D eigenvalue weighted by molar-refractivity contribution is 0.473. The molecule has 1 unspecified atom stereocenters. The number of benzene rings is 1. The second-order valence-corrected chi connectivity index (χ2v) is 6.07. The van der Waals surface area contributed by atoms with Gasteiger partial charge in [0, 0.05) is 0 Å². The van der Waals surface area contributed by atoms with Crippen molar-refractivity contribution in [3.05, 3.63) is 34.9 Å². The van der Waals surface area contributed by atoms with Gasteiger partial charge >= 0.3 is 0 Å². The topological polar surface area (TPSA) is 12.0 Å². The molecule has 0 saturated carbocycles. The third kappa shape index (κ3) is 5.22. The van der Waals surface area contributed by atoms with E-state index in [1.54, 1.807) is 5.56 Å². The molecule has 1 atom stereocenters. The van der Waals surface area contributed by atoms with Gasteiger partial charge < -0.3 is 5.32 Å². The minimum Gasteiger partial charge on any atom is -0.316 e. The minimum absolute atomic E-state index is 0.749. The molecule has 0 amide bonds. The average Bonchev–Trinajstić information content (AvgIpc) is 2.29. The van der Waals surface area contributed by atoms with Crippen LogP contribution in [0.2, 0.25) is 0 Å². The number of hydrogen-bond acceptors (Lipinski definition) is 1. The Hall–Kier alpha value is -0.820. The largest absolute Gasteiger partial charge is 0.316 e. The van der Waals surface area contributed by atoms with Crippen LogP contribution in [0.4, 0.5) is 0 Å². The second-order valence-electron chi connectivity index (χ2n) is 6.07. The SMILES string of the molecule is Cc1cccc(C)c1CC(C)CCNCC(C)C. The van der Waals surface area contributed by atoms with Crippen molar-refractivity contribution in [1.82, 2.24) is 5.32 Å². The molecular formula is C17H29N. The van der Waals surface area contributed by atoms with Gasteiger partial charge in [-0.25, -0.2) is 0 Å². The Labute approximate surface area is 113 Å². The van der Waals surface area contributed by atoms with Gasteiger partial charge in [-0.05, 0) is 68.3 Å². The maximum atomic E-state index is 3.53. The van der Waals surface area contributed by atoms with Gasteiger partial charge in [-0.3, -0.25) is 0 Å². The van der Waals surface area contributed by atoms with E-state index >= 15 is 0 Å². The molecule has 0 fully saturated rings. The van der Waals surface area contributed by atoms with E-state index in [1.807, 2.05) is 0 Å². The van der Waals surface area contributed by atoms with Crippen molar-refractivity contribution in [2.24, 2.45) is 11.8 Å². The van der Waals surface area contributed by atoms with Crippen LogP contribution in [0.3, 0.4) is 0 Å². The van der Waals surface area contributed by atoms with Crippen molar-refractivity contribution in [3.8, 4) is 0 Å². The number of rotatable bonds is 7. The zero-order chi connectivity index (χ0) is 13.5. The standard InChI is InChI=1S/C17H29N/c1-13(2)12-18-10-9-14(3)11-17-15(4)7-6-8-16(17)5/h6-8,13-14,18H,9-12H2,1-5H3. The molecule has 0 saturated heterocycles. The van der Waals surface area contributed by atoms with Gasteiger partial charge in [0.1, 0.15) is 0 Å². The van der Waals surface area contributed by atoms with Crippen molar-refractivity contribution in [1.29, 1.82) is 0 Å². The highest BCUT2D eigenvalue weighted by Gasteiger charge is 2.08. The van der Waals surface area contributed by atoms with E-state index < -0.39 is 0 Å². The van der Waals surface area contributed by atoms with Gasteiger partial charge in [0.15, 0.2) is 0 Å². The van der Waals surface area contributed by atoms with Crippen LogP contribution in [0.5, 0.6) is 0 Å². The smallest absolute Gasteiger partial charge is 0.00258 e. The van der Waals surface area contributed by atoms with Gasteiger partial charge in [-0.2, -0.15) is 0 Å². The van der Waals surface area contributed by atoms with Gasteiger partial charge in [0.05, 0.1) is 0 Å². The van der Waals surface area contributed by atoms with E-state index in [2.05, 4.69) is 58.1 Å². The summed E-state index contributed by atoms with van der Waals surface area (Å²) in [7, 11) is 0. The van der Waals surface area contributed by atoms with Crippen LogP contribution < -0.4 is 5.32 Å². The van der Waals surface area contributed by atoms with E-state index in [0.717, 1.165) is 24.9 Å². The molecule has 1 N–H and O–H groups in total. The summed E-state index contributed by atoms with van der Waals surface area (Å²) in [6, 6.07) is 6.61. The fourth-order valence-corrected chi connectivity index (χ4v) is 2.36. The summed E-state index contributed by atoms with van der Waals surface area (Å²) in [5, 5.41) is 3.53. The van der Waals surface area contributed by atoms with Gasteiger partial charge in [0.25, 0.3) is 0 Å². The normalized spacial score (nSPS) is 13.0. The van der Waals surface area contributed by atoms with E-state index in [4.69, 9.17) is 0 Å². The maximum Gasteiger partial charge on any atom is -0.00258 e. The maximum absolute atomic E-state index is 3.53. The Morgan fingerprint density at radius 3 is 2.22 bits per heavy atom. The number of hydrogen-bond donors (Lipinski definition) is 1. The summed E-state index contributed by atoms with van der Waals surface area (Å²) in [5.74, 6) is 1.50.